The average molecular weight is 424 g/mol. The third-order valence-corrected chi connectivity index (χ3v) is 5.49. The van der Waals surface area contributed by atoms with Gasteiger partial charge in [-0.2, -0.15) is 5.10 Å². The number of rotatable bonds is 6. The predicted octanol–water partition coefficient (Wildman–Crippen LogP) is 3.65. The number of benzene rings is 2. The topological polar surface area (TPSA) is 102 Å². The number of aryl methyl sites for hydroxylation is 1. The number of anilines is 3. The molecule has 2 N–H and O–H groups in total. The molecule has 8 nitrogen and oxygen atoms in total. The maximum Gasteiger partial charge on any atom is 0.261 e. The maximum absolute atomic E-state index is 13.0. The fourth-order valence-corrected chi connectivity index (χ4v) is 3.79. The number of sulfonamides is 1. The van der Waals surface area contributed by atoms with Crippen LogP contribution >= 0.6 is 0 Å². The van der Waals surface area contributed by atoms with Crippen LogP contribution in [0.5, 0.6) is 0 Å². The smallest absolute Gasteiger partial charge is 0.261 e. The molecule has 30 heavy (non-hydrogen) atoms. The minimum absolute atomic E-state index is 0.0197. The number of hydrogen-bond acceptors (Lipinski definition) is 6. The highest BCUT2D eigenvalue weighted by Gasteiger charge is 2.14. The van der Waals surface area contributed by atoms with E-state index in [4.69, 9.17) is 0 Å². The summed E-state index contributed by atoms with van der Waals surface area (Å²) in [5.41, 5.74) is 1.09. The fourth-order valence-electron chi connectivity index (χ4n) is 2.73. The largest absolute Gasteiger partial charge is 0.340 e. The Labute approximate surface area is 172 Å². The molecule has 0 saturated carbocycles. The lowest BCUT2D eigenvalue weighted by molar-refractivity contribution is 0.599. The minimum atomic E-state index is -3.81. The summed E-state index contributed by atoms with van der Waals surface area (Å²) in [6.07, 6.45) is 3.45. The third-order valence-electron chi connectivity index (χ3n) is 4.10. The summed E-state index contributed by atoms with van der Waals surface area (Å²) in [6, 6.07) is 14.8. The Morgan fingerprint density at radius 2 is 1.67 bits per heavy atom. The van der Waals surface area contributed by atoms with Gasteiger partial charge in [0.2, 0.25) is 0 Å². The first kappa shape index (κ1) is 19.5. The fraction of sp³-hybridized carbons (Fsp3) is 0.0500. The van der Waals surface area contributed by atoms with Crippen molar-refractivity contribution in [1.29, 1.82) is 0 Å². The van der Waals surface area contributed by atoms with E-state index in [-0.39, 0.29) is 4.90 Å². The Morgan fingerprint density at radius 3 is 2.33 bits per heavy atom. The summed E-state index contributed by atoms with van der Waals surface area (Å²) in [6.45, 7) is 1.78. The Kier molecular flexibility index (Phi) is 5.15. The summed E-state index contributed by atoms with van der Waals surface area (Å²) in [5.74, 6) is 1.28. The van der Waals surface area contributed by atoms with Gasteiger partial charge in [-0.3, -0.25) is 4.72 Å². The zero-order chi connectivity index (χ0) is 21.1. The molecule has 0 atom stereocenters. The molecule has 0 aliphatic rings. The van der Waals surface area contributed by atoms with E-state index in [0.29, 0.717) is 28.8 Å². The highest BCUT2D eigenvalue weighted by Crippen LogP contribution is 2.21. The average Bonchev–Trinajstić information content (AvgIpc) is 3.24. The van der Waals surface area contributed by atoms with Gasteiger partial charge in [-0.25, -0.2) is 27.5 Å². The highest BCUT2D eigenvalue weighted by atomic mass is 32.2. The molecule has 0 spiro atoms. The molecule has 2 aromatic carbocycles. The van der Waals surface area contributed by atoms with E-state index >= 15 is 0 Å². The molecule has 0 aliphatic heterocycles. The van der Waals surface area contributed by atoms with Crippen LogP contribution in [0.15, 0.2) is 78.0 Å². The van der Waals surface area contributed by atoms with Gasteiger partial charge in [-0.15, -0.1) is 0 Å². The summed E-state index contributed by atoms with van der Waals surface area (Å²) in [5, 5.41) is 7.33. The molecule has 0 saturated heterocycles. The van der Waals surface area contributed by atoms with Gasteiger partial charge in [-0.1, -0.05) is 0 Å². The first-order chi connectivity index (χ1) is 14.4. The van der Waals surface area contributed by atoms with Gasteiger partial charge >= 0.3 is 0 Å². The lowest BCUT2D eigenvalue weighted by atomic mass is 10.3. The molecule has 0 bridgehead atoms. The van der Waals surface area contributed by atoms with Gasteiger partial charge in [0.05, 0.1) is 4.90 Å². The van der Waals surface area contributed by atoms with Crippen LogP contribution in [0.2, 0.25) is 0 Å². The number of hydrogen-bond donors (Lipinski definition) is 2. The van der Waals surface area contributed by atoms with Gasteiger partial charge in [0, 0.05) is 29.8 Å². The second-order valence-corrected chi connectivity index (χ2v) is 8.05. The third kappa shape index (κ3) is 4.44. The highest BCUT2D eigenvalue weighted by molar-refractivity contribution is 7.92. The van der Waals surface area contributed by atoms with Gasteiger partial charge in [-0.05, 0) is 61.5 Å². The first-order valence-corrected chi connectivity index (χ1v) is 10.4. The number of aromatic nitrogens is 4. The minimum Gasteiger partial charge on any atom is -0.340 e. The van der Waals surface area contributed by atoms with Gasteiger partial charge in [0.1, 0.15) is 17.5 Å². The summed E-state index contributed by atoms with van der Waals surface area (Å²) in [4.78, 5) is 8.70. The predicted molar refractivity (Wildman–Crippen MR) is 111 cm³/mol. The molecule has 0 unspecified atom stereocenters. The SMILES string of the molecule is Cc1nc(Nc2ccc(NS(=O)(=O)c3ccc(F)cc3)cc2)cc(-n2cccn2)n1. The molecular weight excluding hydrogens is 407 g/mol. The standard InChI is InChI=1S/C20H17FN6O2S/c1-14-23-19(13-20(24-14)27-12-2-11-22-27)25-16-5-7-17(8-6-16)26-30(28,29)18-9-3-15(21)4-10-18/h2-13,26H,1H3,(H,23,24,25). The van der Waals surface area contributed by atoms with Gasteiger partial charge < -0.3 is 5.32 Å². The van der Waals surface area contributed by atoms with E-state index in [9.17, 15) is 12.8 Å². The van der Waals surface area contributed by atoms with Crippen molar-refractivity contribution in [3.05, 3.63) is 84.7 Å². The molecule has 0 amide bonds. The van der Waals surface area contributed by atoms with Crippen LogP contribution in [0.25, 0.3) is 5.82 Å². The van der Waals surface area contributed by atoms with Crippen molar-refractivity contribution >= 4 is 27.2 Å². The molecule has 0 aliphatic carbocycles. The Hall–Kier alpha value is -3.79. The molecule has 4 rings (SSSR count). The summed E-state index contributed by atoms with van der Waals surface area (Å²) >= 11 is 0. The number of nitrogens with one attached hydrogen (secondary N) is 2. The lowest BCUT2D eigenvalue weighted by Crippen LogP contribution is -2.12. The van der Waals surface area contributed by atoms with E-state index < -0.39 is 15.8 Å². The summed E-state index contributed by atoms with van der Waals surface area (Å²) in [7, 11) is -3.81. The van der Waals surface area contributed by atoms with E-state index in [1.165, 1.54) is 12.1 Å². The van der Waals surface area contributed by atoms with Crippen molar-refractivity contribution in [2.24, 2.45) is 0 Å². The van der Waals surface area contributed by atoms with Crippen molar-refractivity contribution in [2.45, 2.75) is 11.8 Å². The molecule has 2 heterocycles. The second-order valence-electron chi connectivity index (χ2n) is 6.37. The van der Waals surface area contributed by atoms with E-state index in [1.807, 2.05) is 0 Å². The van der Waals surface area contributed by atoms with Crippen molar-refractivity contribution in [3.63, 3.8) is 0 Å². The van der Waals surface area contributed by atoms with Crippen LogP contribution in [0.4, 0.5) is 21.6 Å². The number of halogens is 1. The van der Waals surface area contributed by atoms with Crippen LogP contribution < -0.4 is 10.0 Å². The molecule has 2 aromatic heterocycles. The van der Waals surface area contributed by atoms with Crippen LogP contribution in [0.3, 0.4) is 0 Å². The van der Waals surface area contributed by atoms with Crippen molar-refractivity contribution in [2.75, 3.05) is 10.0 Å². The zero-order valence-corrected chi connectivity index (χ0v) is 16.6. The van der Waals surface area contributed by atoms with Gasteiger partial charge in [0.25, 0.3) is 10.0 Å². The van der Waals surface area contributed by atoms with E-state index in [1.54, 1.807) is 60.4 Å². The Morgan fingerprint density at radius 1 is 0.967 bits per heavy atom. The Balaban J connectivity index is 1.50. The Bertz CT molecular complexity index is 1260. The molecule has 0 fully saturated rings. The monoisotopic (exact) mass is 424 g/mol. The normalized spacial score (nSPS) is 11.3. The van der Waals surface area contributed by atoms with E-state index in [2.05, 4.69) is 25.1 Å². The second kappa shape index (κ2) is 7.91. The van der Waals surface area contributed by atoms with E-state index in [0.717, 1.165) is 12.1 Å². The number of nitrogens with zero attached hydrogens (tertiary/aromatic N) is 4. The molecule has 10 heteroatoms. The van der Waals surface area contributed by atoms with Crippen molar-refractivity contribution < 1.29 is 12.8 Å². The van der Waals surface area contributed by atoms with Crippen LogP contribution in [0, 0.1) is 12.7 Å². The van der Waals surface area contributed by atoms with Crippen molar-refractivity contribution in [1.82, 2.24) is 19.7 Å². The molecular formula is C20H17FN6O2S. The maximum atomic E-state index is 13.0. The molecule has 152 valence electrons. The first-order valence-electron chi connectivity index (χ1n) is 8.90. The quantitative estimate of drug-likeness (QED) is 0.490. The molecule has 4 aromatic rings. The van der Waals surface area contributed by atoms with Crippen molar-refractivity contribution in [3.8, 4) is 5.82 Å². The summed E-state index contributed by atoms with van der Waals surface area (Å²) < 4.78 is 41.9. The lowest BCUT2D eigenvalue weighted by Gasteiger charge is -2.11. The zero-order valence-electron chi connectivity index (χ0n) is 15.8. The molecule has 0 radical (unpaired) electrons. The van der Waals surface area contributed by atoms with Crippen LogP contribution in [0.1, 0.15) is 5.82 Å². The van der Waals surface area contributed by atoms with Crippen LogP contribution in [-0.2, 0) is 10.0 Å². The van der Waals surface area contributed by atoms with Gasteiger partial charge in [0.15, 0.2) is 5.82 Å². The van der Waals surface area contributed by atoms with Crippen LogP contribution in [-0.4, -0.2) is 28.2 Å².